The average molecular weight is 342 g/mol. The number of fused-ring (bicyclic) bond motifs is 3. The van der Waals surface area contributed by atoms with Gasteiger partial charge in [0.25, 0.3) is 0 Å². The predicted molar refractivity (Wildman–Crippen MR) is 104 cm³/mol. The van der Waals surface area contributed by atoms with Gasteiger partial charge in [-0.05, 0) is 47.1 Å². The third kappa shape index (κ3) is 2.62. The van der Waals surface area contributed by atoms with Crippen molar-refractivity contribution in [1.29, 1.82) is 0 Å². The molecule has 0 spiro atoms. The van der Waals surface area contributed by atoms with E-state index in [4.69, 9.17) is 0 Å². The zero-order chi connectivity index (χ0) is 18.0. The van der Waals surface area contributed by atoms with Gasteiger partial charge in [0, 0.05) is 0 Å². The number of carbonyl (C=O) groups is 1. The lowest BCUT2D eigenvalue weighted by molar-refractivity contribution is -0.142. The zero-order valence-electron chi connectivity index (χ0n) is 14.7. The van der Waals surface area contributed by atoms with Crippen molar-refractivity contribution in [2.75, 3.05) is 0 Å². The lowest BCUT2D eigenvalue weighted by Crippen LogP contribution is -2.35. The van der Waals surface area contributed by atoms with Gasteiger partial charge in [-0.3, -0.25) is 4.79 Å². The maximum absolute atomic E-state index is 12.5. The van der Waals surface area contributed by atoms with Crippen molar-refractivity contribution in [3.05, 3.63) is 95.6 Å². The average Bonchev–Trinajstić information content (AvgIpc) is 2.98. The van der Waals surface area contributed by atoms with Crippen molar-refractivity contribution < 1.29 is 9.90 Å². The molecule has 0 heterocycles. The number of carboxylic acid groups (broad SMARTS) is 1. The van der Waals surface area contributed by atoms with Crippen LogP contribution in [-0.2, 0) is 16.6 Å². The van der Waals surface area contributed by atoms with Crippen molar-refractivity contribution in [1.82, 2.24) is 0 Å². The van der Waals surface area contributed by atoms with E-state index in [0.717, 1.165) is 41.5 Å². The summed E-state index contributed by atoms with van der Waals surface area (Å²) in [4.78, 5) is 12.5. The second-order valence-corrected chi connectivity index (χ2v) is 6.99. The summed E-state index contributed by atoms with van der Waals surface area (Å²) >= 11 is 0. The van der Waals surface area contributed by atoms with Crippen LogP contribution in [0.15, 0.2) is 78.9 Å². The van der Waals surface area contributed by atoms with E-state index in [0.29, 0.717) is 6.42 Å². The third-order valence-corrected chi connectivity index (χ3v) is 5.54. The van der Waals surface area contributed by atoms with E-state index in [1.165, 1.54) is 5.56 Å². The molecule has 2 heteroatoms. The SMILES string of the molecule is O=C(O)C1(CCCCc2ccccc2)c2ccccc2-c2ccccc21. The van der Waals surface area contributed by atoms with E-state index in [1.54, 1.807) is 0 Å². The highest BCUT2D eigenvalue weighted by Crippen LogP contribution is 2.51. The maximum atomic E-state index is 12.5. The monoisotopic (exact) mass is 342 g/mol. The van der Waals surface area contributed by atoms with Gasteiger partial charge in [0.15, 0.2) is 0 Å². The molecule has 0 atom stereocenters. The summed E-state index contributed by atoms with van der Waals surface area (Å²) in [6.07, 6.45) is 3.48. The molecule has 0 aliphatic heterocycles. The van der Waals surface area contributed by atoms with Crippen molar-refractivity contribution in [3.8, 4) is 11.1 Å². The standard InChI is InChI=1S/C24H22O2/c25-23(26)24(17-9-8-12-18-10-2-1-3-11-18)21-15-6-4-13-19(21)20-14-5-7-16-22(20)24/h1-7,10-11,13-16H,8-9,12,17H2,(H,25,26). The Morgan fingerprint density at radius 2 is 1.27 bits per heavy atom. The van der Waals surface area contributed by atoms with E-state index >= 15 is 0 Å². The first-order valence-electron chi connectivity index (χ1n) is 9.20. The molecule has 3 aromatic carbocycles. The predicted octanol–water partition coefficient (Wildman–Crippen LogP) is 5.45. The summed E-state index contributed by atoms with van der Waals surface area (Å²) in [7, 11) is 0. The van der Waals surface area contributed by atoms with Crippen LogP contribution in [0.2, 0.25) is 0 Å². The van der Waals surface area contributed by atoms with E-state index in [9.17, 15) is 9.90 Å². The van der Waals surface area contributed by atoms with Crippen LogP contribution >= 0.6 is 0 Å². The van der Waals surface area contributed by atoms with Gasteiger partial charge < -0.3 is 5.11 Å². The molecule has 3 aromatic rings. The minimum Gasteiger partial charge on any atom is -0.480 e. The smallest absolute Gasteiger partial charge is 0.318 e. The highest BCUT2D eigenvalue weighted by molar-refractivity contribution is 5.97. The number of carboxylic acids is 1. The van der Waals surface area contributed by atoms with Crippen LogP contribution in [0.3, 0.4) is 0 Å². The number of benzene rings is 3. The molecular weight excluding hydrogens is 320 g/mol. The first-order chi connectivity index (χ1) is 12.7. The Morgan fingerprint density at radius 1 is 0.731 bits per heavy atom. The first-order valence-corrected chi connectivity index (χ1v) is 9.20. The highest BCUT2D eigenvalue weighted by atomic mass is 16.4. The Labute approximate surface area is 154 Å². The van der Waals surface area contributed by atoms with Crippen LogP contribution in [0.1, 0.15) is 36.0 Å². The van der Waals surface area contributed by atoms with E-state index in [1.807, 2.05) is 54.6 Å². The van der Waals surface area contributed by atoms with Gasteiger partial charge in [-0.15, -0.1) is 0 Å². The summed E-state index contributed by atoms with van der Waals surface area (Å²) in [5.74, 6) is -0.741. The molecule has 0 amide bonds. The molecule has 1 N–H and O–H groups in total. The molecule has 0 radical (unpaired) electrons. The summed E-state index contributed by atoms with van der Waals surface area (Å²) in [5, 5.41) is 10.3. The van der Waals surface area contributed by atoms with Crippen molar-refractivity contribution >= 4 is 5.97 Å². The Kier molecular flexibility index (Phi) is 4.34. The molecule has 2 nitrogen and oxygen atoms in total. The topological polar surface area (TPSA) is 37.3 Å². The van der Waals surface area contributed by atoms with Gasteiger partial charge in [-0.2, -0.15) is 0 Å². The first kappa shape index (κ1) is 16.6. The van der Waals surface area contributed by atoms with Gasteiger partial charge in [0.05, 0.1) is 0 Å². The van der Waals surface area contributed by atoms with Crippen molar-refractivity contribution in [2.45, 2.75) is 31.1 Å². The van der Waals surface area contributed by atoms with Crippen molar-refractivity contribution in [3.63, 3.8) is 0 Å². The van der Waals surface area contributed by atoms with Crippen LogP contribution in [0.25, 0.3) is 11.1 Å². The molecule has 1 aliphatic rings. The second-order valence-electron chi connectivity index (χ2n) is 6.99. The molecule has 1 aliphatic carbocycles. The fraction of sp³-hybridized carbons (Fsp3) is 0.208. The number of unbranched alkanes of at least 4 members (excludes halogenated alkanes) is 1. The largest absolute Gasteiger partial charge is 0.480 e. The molecule has 130 valence electrons. The number of aliphatic carboxylic acids is 1. The number of aryl methyl sites for hydroxylation is 1. The van der Waals surface area contributed by atoms with Gasteiger partial charge in [-0.1, -0.05) is 85.3 Å². The molecule has 0 fully saturated rings. The Bertz CT molecular complexity index is 882. The van der Waals surface area contributed by atoms with Crippen LogP contribution in [-0.4, -0.2) is 11.1 Å². The molecule has 0 aromatic heterocycles. The number of rotatable bonds is 6. The van der Waals surface area contributed by atoms with Gasteiger partial charge >= 0.3 is 5.97 Å². The minimum absolute atomic E-state index is 0.628. The zero-order valence-corrected chi connectivity index (χ0v) is 14.7. The normalized spacial score (nSPS) is 13.8. The molecule has 26 heavy (non-hydrogen) atoms. The minimum atomic E-state index is -0.927. The van der Waals surface area contributed by atoms with Crippen LogP contribution in [0, 0.1) is 0 Å². The van der Waals surface area contributed by atoms with Crippen LogP contribution < -0.4 is 0 Å². The molecule has 0 bridgehead atoms. The lowest BCUT2D eigenvalue weighted by atomic mass is 9.74. The Morgan fingerprint density at radius 3 is 1.85 bits per heavy atom. The lowest BCUT2D eigenvalue weighted by Gasteiger charge is -2.27. The van der Waals surface area contributed by atoms with Gasteiger partial charge in [-0.25, -0.2) is 0 Å². The highest BCUT2D eigenvalue weighted by Gasteiger charge is 2.48. The fourth-order valence-corrected chi connectivity index (χ4v) is 4.30. The molecule has 0 saturated heterocycles. The summed E-state index contributed by atoms with van der Waals surface area (Å²) in [6, 6.07) is 26.3. The molecule has 0 saturated carbocycles. The Balaban J connectivity index is 1.63. The number of hydrogen-bond acceptors (Lipinski definition) is 1. The molecular formula is C24H22O2. The quantitative estimate of drug-likeness (QED) is 0.605. The van der Waals surface area contributed by atoms with Crippen molar-refractivity contribution in [2.24, 2.45) is 0 Å². The van der Waals surface area contributed by atoms with Crippen LogP contribution in [0.4, 0.5) is 0 Å². The maximum Gasteiger partial charge on any atom is 0.318 e. The van der Waals surface area contributed by atoms with E-state index in [-0.39, 0.29) is 0 Å². The molecule has 4 rings (SSSR count). The van der Waals surface area contributed by atoms with E-state index in [2.05, 4.69) is 24.3 Å². The summed E-state index contributed by atoms with van der Waals surface area (Å²) in [5.41, 5.74) is 4.39. The summed E-state index contributed by atoms with van der Waals surface area (Å²) < 4.78 is 0. The van der Waals surface area contributed by atoms with Gasteiger partial charge in [0.2, 0.25) is 0 Å². The summed E-state index contributed by atoms with van der Waals surface area (Å²) in [6.45, 7) is 0. The van der Waals surface area contributed by atoms with Crippen LogP contribution in [0.5, 0.6) is 0 Å². The van der Waals surface area contributed by atoms with Gasteiger partial charge in [0.1, 0.15) is 5.41 Å². The molecule has 0 unspecified atom stereocenters. The fourth-order valence-electron chi connectivity index (χ4n) is 4.30. The number of hydrogen-bond donors (Lipinski definition) is 1. The Hall–Kier alpha value is -2.87. The third-order valence-electron chi connectivity index (χ3n) is 5.54. The van der Waals surface area contributed by atoms with E-state index < -0.39 is 11.4 Å². The second kappa shape index (κ2) is 6.80.